The first-order chi connectivity index (χ1) is 14.1. The number of benzene rings is 2. The summed E-state index contributed by atoms with van der Waals surface area (Å²) in [6.45, 7) is -0.383. The standard InChI is InChI=1S/C21H20N2O5S/c1-26-17-9-8-14(10-18(17)27-2)11-20(25)28-12-19(24)23-21-22-16(13-29-21)15-6-4-3-5-7-15/h3-10,13H,11-12H2,1-2H3,(H,22,23,24). The summed E-state index contributed by atoms with van der Waals surface area (Å²) in [5, 5.41) is 4.94. The lowest BCUT2D eigenvalue weighted by atomic mass is 10.1. The molecule has 1 N–H and O–H groups in total. The van der Waals surface area contributed by atoms with Crippen LogP contribution in [0.25, 0.3) is 11.3 Å². The molecule has 0 bridgehead atoms. The predicted molar refractivity (Wildman–Crippen MR) is 110 cm³/mol. The van der Waals surface area contributed by atoms with Gasteiger partial charge in [-0.3, -0.25) is 14.9 Å². The molecule has 0 unspecified atom stereocenters. The Morgan fingerprint density at radius 2 is 1.79 bits per heavy atom. The second kappa shape index (κ2) is 9.70. The lowest BCUT2D eigenvalue weighted by Gasteiger charge is -2.09. The fourth-order valence-electron chi connectivity index (χ4n) is 2.58. The molecule has 0 aliphatic rings. The molecule has 0 atom stereocenters. The van der Waals surface area contributed by atoms with Crippen LogP contribution in [0.1, 0.15) is 5.56 Å². The van der Waals surface area contributed by atoms with E-state index in [1.165, 1.54) is 25.6 Å². The number of thiazole rings is 1. The van der Waals surface area contributed by atoms with Crippen LogP contribution in [0, 0.1) is 0 Å². The fraction of sp³-hybridized carbons (Fsp3) is 0.190. The quantitative estimate of drug-likeness (QED) is 0.570. The number of hydrogen-bond acceptors (Lipinski definition) is 7. The summed E-state index contributed by atoms with van der Waals surface area (Å²) in [6, 6.07) is 14.8. The smallest absolute Gasteiger partial charge is 0.310 e. The number of esters is 1. The van der Waals surface area contributed by atoms with Crippen molar-refractivity contribution < 1.29 is 23.8 Å². The average Bonchev–Trinajstić information content (AvgIpc) is 3.21. The SMILES string of the molecule is COc1ccc(CC(=O)OCC(=O)Nc2nc(-c3ccccc3)cs2)cc1OC. The van der Waals surface area contributed by atoms with Crippen molar-refractivity contribution in [2.75, 3.05) is 26.1 Å². The number of nitrogens with one attached hydrogen (secondary N) is 1. The van der Waals surface area contributed by atoms with E-state index in [1.54, 1.807) is 18.2 Å². The molecule has 8 heteroatoms. The number of nitrogens with zero attached hydrogens (tertiary/aromatic N) is 1. The fourth-order valence-corrected chi connectivity index (χ4v) is 3.32. The van der Waals surface area contributed by atoms with Gasteiger partial charge in [0.15, 0.2) is 23.2 Å². The van der Waals surface area contributed by atoms with Crippen molar-refractivity contribution >= 4 is 28.3 Å². The molecule has 0 aliphatic carbocycles. The minimum absolute atomic E-state index is 0.0169. The molecular weight excluding hydrogens is 392 g/mol. The van der Waals surface area contributed by atoms with Crippen molar-refractivity contribution in [1.82, 2.24) is 4.98 Å². The summed E-state index contributed by atoms with van der Waals surface area (Å²) in [7, 11) is 3.06. The van der Waals surface area contributed by atoms with E-state index in [4.69, 9.17) is 14.2 Å². The van der Waals surface area contributed by atoms with Crippen LogP contribution in [0.4, 0.5) is 5.13 Å². The number of methoxy groups -OCH3 is 2. The molecule has 0 fully saturated rings. The van der Waals surface area contributed by atoms with Crippen LogP contribution >= 0.6 is 11.3 Å². The normalized spacial score (nSPS) is 10.3. The lowest BCUT2D eigenvalue weighted by molar-refractivity contribution is -0.146. The Hall–Kier alpha value is -3.39. The van der Waals surface area contributed by atoms with Crippen molar-refractivity contribution in [2.24, 2.45) is 0 Å². The molecule has 1 aromatic heterocycles. The zero-order valence-corrected chi connectivity index (χ0v) is 16.8. The first-order valence-corrected chi connectivity index (χ1v) is 9.64. The van der Waals surface area contributed by atoms with Crippen LogP contribution < -0.4 is 14.8 Å². The van der Waals surface area contributed by atoms with Gasteiger partial charge >= 0.3 is 5.97 Å². The maximum Gasteiger partial charge on any atom is 0.310 e. The Morgan fingerprint density at radius 3 is 2.52 bits per heavy atom. The first-order valence-electron chi connectivity index (χ1n) is 8.76. The molecular formula is C21H20N2O5S. The van der Waals surface area contributed by atoms with Crippen LogP contribution in [0.3, 0.4) is 0 Å². The van der Waals surface area contributed by atoms with E-state index in [-0.39, 0.29) is 13.0 Å². The number of rotatable bonds is 8. The van der Waals surface area contributed by atoms with Crippen LogP contribution in [0.5, 0.6) is 11.5 Å². The number of ether oxygens (including phenoxy) is 3. The molecule has 0 saturated heterocycles. The van der Waals surface area contributed by atoms with Gasteiger partial charge in [0, 0.05) is 10.9 Å². The minimum Gasteiger partial charge on any atom is -0.493 e. The van der Waals surface area contributed by atoms with Crippen molar-refractivity contribution in [3.63, 3.8) is 0 Å². The highest BCUT2D eigenvalue weighted by molar-refractivity contribution is 7.14. The molecule has 0 aliphatic heterocycles. The van der Waals surface area contributed by atoms with E-state index < -0.39 is 11.9 Å². The Bertz CT molecular complexity index is 988. The maximum atomic E-state index is 12.0. The number of hydrogen-bond donors (Lipinski definition) is 1. The zero-order chi connectivity index (χ0) is 20.6. The van der Waals surface area contributed by atoms with E-state index in [0.717, 1.165) is 11.3 Å². The third-order valence-corrected chi connectivity index (χ3v) is 4.74. The maximum absolute atomic E-state index is 12.0. The molecule has 0 saturated carbocycles. The molecule has 3 rings (SSSR count). The van der Waals surface area contributed by atoms with Crippen LogP contribution in [-0.2, 0) is 20.7 Å². The molecule has 2 aromatic carbocycles. The molecule has 1 heterocycles. The number of aromatic nitrogens is 1. The Balaban J connectivity index is 1.49. The molecule has 0 radical (unpaired) electrons. The Morgan fingerprint density at radius 1 is 1.03 bits per heavy atom. The zero-order valence-electron chi connectivity index (χ0n) is 16.0. The highest BCUT2D eigenvalue weighted by Gasteiger charge is 2.13. The van der Waals surface area contributed by atoms with Crippen molar-refractivity contribution in [2.45, 2.75) is 6.42 Å². The highest BCUT2D eigenvalue weighted by Crippen LogP contribution is 2.28. The Labute approximate surface area is 172 Å². The monoisotopic (exact) mass is 412 g/mol. The van der Waals surface area contributed by atoms with E-state index in [1.807, 2.05) is 35.7 Å². The van der Waals surface area contributed by atoms with Gasteiger partial charge in [-0.05, 0) is 17.7 Å². The summed E-state index contributed by atoms with van der Waals surface area (Å²) in [5.74, 6) is 0.131. The highest BCUT2D eigenvalue weighted by atomic mass is 32.1. The second-order valence-electron chi connectivity index (χ2n) is 5.98. The van der Waals surface area contributed by atoms with Crippen molar-refractivity contribution in [3.05, 3.63) is 59.5 Å². The second-order valence-corrected chi connectivity index (χ2v) is 6.84. The third-order valence-electron chi connectivity index (χ3n) is 3.98. The van der Waals surface area contributed by atoms with E-state index in [2.05, 4.69) is 10.3 Å². The van der Waals surface area contributed by atoms with Gasteiger partial charge in [-0.2, -0.15) is 0 Å². The third kappa shape index (κ3) is 5.55. The lowest BCUT2D eigenvalue weighted by Crippen LogP contribution is -2.21. The average molecular weight is 412 g/mol. The van der Waals surface area contributed by atoms with Crippen molar-refractivity contribution in [1.29, 1.82) is 0 Å². The first kappa shape index (κ1) is 20.3. The van der Waals surface area contributed by atoms with Gasteiger partial charge < -0.3 is 14.2 Å². The van der Waals surface area contributed by atoms with Gasteiger partial charge in [0.2, 0.25) is 0 Å². The molecule has 0 spiro atoms. The topological polar surface area (TPSA) is 86.8 Å². The summed E-state index contributed by atoms with van der Waals surface area (Å²) < 4.78 is 15.4. The van der Waals surface area contributed by atoms with Crippen LogP contribution in [0.15, 0.2) is 53.9 Å². The van der Waals surface area contributed by atoms with Crippen LogP contribution in [-0.4, -0.2) is 37.7 Å². The largest absolute Gasteiger partial charge is 0.493 e. The summed E-state index contributed by atoms with van der Waals surface area (Å²) in [4.78, 5) is 28.4. The van der Waals surface area contributed by atoms with E-state index in [9.17, 15) is 9.59 Å². The number of amides is 1. The predicted octanol–water partition coefficient (Wildman–Crippen LogP) is 3.55. The molecule has 3 aromatic rings. The van der Waals surface area contributed by atoms with Gasteiger partial charge in [0.05, 0.1) is 26.3 Å². The summed E-state index contributed by atoms with van der Waals surface area (Å²) in [6.07, 6.45) is 0.0169. The van der Waals surface area contributed by atoms with Gasteiger partial charge in [-0.15, -0.1) is 11.3 Å². The molecule has 1 amide bonds. The van der Waals surface area contributed by atoms with E-state index in [0.29, 0.717) is 22.2 Å². The minimum atomic E-state index is -0.517. The molecule has 29 heavy (non-hydrogen) atoms. The molecule has 7 nitrogen and oxygen atoms in total. The summed E-state index contributed by atoms with van der Waals surface area (Å²) >= 11 is 1.31. The van der Waals surface area contributed by atoms with Gasteiger partial charge in [0.25, 0.3) is 5.91 Å². The van der Waals surface area contributed by atoms with Crippen molar-refractivity contribution in [3.8, 4) is 22.8 Å². The Kier molecular flexibility index (Phi) is 6.80. The molecule has 150 valence electrons. The van der Waals surface area contributed by atoms with Gasteiger partial charge in [-0.1, -0.05) is 36.4 Å². The summed E-state index contributed by atoms with van der Waals surface area (Å²) in [5.41, 5.74) is 2.43. The van der Waals surface area contributed by atoms with Gasteiger partial charge in [-0.25, -0.2) is 4.98 Å². The van der Waals surface area contributed by atoms with Crippen LogP contribution in [0.2, 0.25) is 0 Å². The number of carbonyl (C=O) groups is 2. The number of anilines is 1. The van der Waals surface area contributed by atoms with Gasteiger partial charge in [0.1, 0.15) is 0 Å². The number of carbonyl (C=O) groups excluding carboxylic acids is 2. The van der Waals surface area contributed by atoms with E-state index >= 15 is 0 Å².